The Bertz CT molecular complexity index is 1060. The van der Waals surface area contributed by atoms with Crippen LogP contribution >= 0.6 is 11.6 Å². The summed E-state index contributed by atoms with van der Waals surface area (Å²) < 4.78 is 39.2. The number of rotatable bonds is 11. The standard InChI is InChI=1S/C23H29ClFN3O4S/c1-4-5-13-26-23(30)17(2)27(15-18-9-11-20(25)12-10-18)22(29)16-28(33(3,31)32)21-8-6-7-19(24)14-21/h6-12,14,17H,4-5,13,15-16H2,1-3H3,(H,26,30). The molecule has 2 rings (SSSR count). The summed E-state index contributed by atoms with van der Waals surface area (Å²) in [5.74, 6) is -1.36. The van der Waals surface area contributed by atoms with Crippen molar-refractivity contribution in [1.82, 2.24) is 10.2 Å². The maximum atomic E-state index is 13.3. The summed E-state index contributed by atoms with van der Waals surface area (Å²) in [6.07, 6.45) is 2.68. The predicted molar refractivity (Wildman–Crippen MR) is 128 cm³/mol. The average molecular weight is 498 g/mol. The molecule has 10 heteroatoms. The Morgan fingerprint density at radius 3 is 2.39 bits per heavy atom. The van der Waals surface area contributed by atoms with Crippen LogP contribution in [-0.2, 0) is 26.2 Å². The van der Waals surface area contributed by atoms with Gasteiger partial charge >= 0.3 is 0 Å². The molecule has 2 aromatic carbocycles. The molecular formula is C23H29ClFN3O4S. The van der Waals surface area contributed by atoms with Gasteiger partial charge in [-0.2, -0.15) is 0 Å². The molecule has 0 aromatic heterocycles. The van der Waals surface area contributed by atoms with Gasteiger partial charge in [0.15, 0.2) is 0 Å². The first kappa shape index (κ1) is 26.6. The van der Waals surface area contributed by atoms with Gasteiger partial charge in [0.1, 0.15) is 18.4 Å². The number of halogens is 2. The smallest absolute Gasteiger partial charge is 0.244 e. The van der Waals surface area contributed by atoms with Gasteiger partial charge in [-0.3, -0.25) is 13.9 Å². The van der Waals surface area contributed by atoms with Crippen LogP contribution in [0.25, 0.3) is 0 Å². The van der Waals surface area contributed by atoms with Gasteiger partial charge in [-0.15, -0.1) is 0 Å². The normalized spacial score (nSPS) is 12.2. The number of benzene rings is 2. The fraction of sp³-hybridized carbons (Fsp3) is 0.391. The van der Waals surface area contributed by atoms with Crippen LogP contribution in [0.2, 0.25) is 5.02 Å². The van der Waals surface area contributed by atoms with Gasteiger partial charge in [-0.05, 0) is 49.2 Å². The maximum absolute atomic E-state index is 13.3. The Morgan fingerprint density at radius 1 is 1.15 bits per heavy atom. The van der Waals surface area contributed by atoms with Crippen molar-refractivity contribution in [3.05, 3.63) is 64.9 Å². The first-order chi connectivity index (χ1) is 15.5. The zero-order valence-electron chi connectivity index (χ0n) is 18.9. The van der Waals surface area contributed by atoms with Crippen molar-refractivity contribution in [2.45, 2.75) is 39.3 Å². The first-order valence-corrected chi connectivity index (χ1v) is 12.8. The first-order valence-electron chi connectivity index (χ1n) is 10.6. The highest BCUT2D eigenvalue weighted by atomic mass is 35.5. The highest BCUT2D eigenvalue weighted by molar-refractivity contribution is 7.92. The van der Waals surface area contributed by atoms with Crippen LogP contribution in [0.5, 0.6) is 0 Å². The minimum Gasteiger partial charge on any atom is -0.354 e. The second kappa shape index (κ2) is 12.0. The van der Waals surface area contributed by atoms with Crippen LogP contribution in [0, 0.1) is 5.82 Å². The Hall–Kier alpha value is -2.65. The van der Waals surface area contributed by atoms with E-state index in [2.05, 4.69) is 5.32 Å². The van der Waals surface area contributed by atoms with Gasteiger partial charge in [-0.25, -0.2) is 12.8 Å². The zero-order chi connectivity index (χ0) is 24.6. The Morgan fingerprint density at radius 2 is 1.82 bits per heavy atom. The molecule has 0 spiro atoms. The lowest BCUT2D eigenvalue weighted by molar-refractivity contribution is -0.139. The number of anilines is 1. The van der Waals surface area contributed by atoms with E-state index in [-0.39, 0.29) is 18.1 Å². The van der Waals surface area contributed by atoms with Crippen molar-refractivity contribution < 1.29 is 22.4 Å². The molecular weight excluding hydrogens is 469 g/mol. The van der Waals surface area contributed by atoms with Crippen molar-refractivity contribution in [2.24, 2.45) is 0 Å². The number of carbonyl (C=O) groups is 2. The monoisotopic (exact) mass is 497 g/mol. The third-order valence-corrected chi connectivity index (χ3v) is 6.41. The summed E-state index contributed by atoms with van der Waals surface area (Å²) >= 11 is 6.01. The second-order valence-corrected chi connectivity index (χ2v) is 10.1. The molecule has 0 bridgehead atoms. The summed E-state index contributed by atoms with van der Waals surface area (Å²) in [4.78, 5) is 27.3. The molecule has 2 aromatic rings. The summed E-state index contributed by atoms with van der Waals surface area (Å²) in [6.45, 7) is 3.53. The highest BCUT2D eigenvalue weighted by Gasteiger charge is 2.30. The van der Waals surface area contributed by atoms with Crippen molar-refractivity contribution in [3.8, 4) is 0 Å². The number of nitrogens with zero attached hydrogens (tertiary/aromatic N) is 2. The molecule has 0 saturated heterocycles. The Balaban J connectivity index is 2.33. The molecule has 33 heavy (non-hydrogen) atoms. The van der Waals surface area contributed by atoms with E-state index in [0.717, 1.165) is 23.4 Å². The van der Waals surface area contributed by atoms with E-state index in [1.165, 1.54) is 41.3 Å². The lowest BCUT2D eigenvalue weighted by Gasteiger charge is -2.31. The fourth-order valence-corrected chi connectivity index (χ4v) is 4.18. The fourth-order valence-electron chi connectivity index (χ4n) is 3.15. The van der Waals surface area contributed by atoms with Crippen molar-refractivity contribution in [3.63, 3.8) is 0 Å². The van der Waals surface area contributed by atoms with Gasteiger partial charge < -0.3 is 10.2 Å². The molecule has 0 heterocycles. The molecule has 0 aliphatic carbocycles. The van der Waals surface area contributed by atoms with Crippen molar-refractivity contribution in [1.29, 1.82) is 0 Å². The van der Waals surface area contributed by atoms with Crippen LogP contribution in [0.3, 0.4) is 0 Å². The molecule has 1 unspecified atom stereocenters. The minimum absolute atomic E-state index is 0.00856. The molecule has 7 nitrogen and oxygen atoms in total. The lowest BCUT2D eigenvalue weighted by atomic mass is 10.1. The summed E-state index contributed by atoms with van der Waals surface area (Å²) in [5.41, 5.74) is 0.840. The Kier molecular flexibility index (Phi) is 9.67. The number of unbranched alkanes of at least 4 members (excludes halogenated alkanes) is 1. The van der Waals surface area contributed by atoms with Gasteiger partial charge in [-0.1, -0.05) is 43.1 Å². The Labute approximate surface area is 199 Å². The van der Waals surface area contributed by atoms with E-state index in [9.17, 15) is 22.4 Å². The van der Waals surface area contributed by atoms with Crippen LogP contribution in [-0.4, -0.2) is 50.5 Å². The van der Waals surface area contributed by atoms with E-state index in [4.69, 9.17) is 11.6 Å². The van der Waals surface area contributed by atoms with E-state index >= 15 is 0 Å². The molecule has 0 radical (unpaired) electrons. The molecule has 1 N–H and O–H groups in total. The van der Waals surface area contributed by atoms with Crippen LogP contribution in [0.4, 0.5) is 10.1 Å². The number of carbonyl (C=O) groups excluding carboxylic acids is 2. The van der Waals surface area contributed by atoms with Gasteiger partial charge in [0.05, 0.1) is 11.9 Å². The number of hydrogen-bond acceptors (Lipinski definition) is 4. The van der Waals surface area contributed by atoms with Crippen molar-refractivity contribution >= 4 is 39.1 Å². The third-order valence-electron chi connectivity index (χ3n) is 5.04. The van der Waals surface area contributed by atoms with Gasteiger partial charge in [0, 0.05) is 18.1 Å². The largest absolute Gasteiger partial charge is 0.354 e. The summed E-state index contributed by atoms with van der Waals surface area (Å²) in [7, 11) is -3.83. The SMILES string of the molecule is CCCCNC(=O)C(C)N(Cc1ccc(F)cc1)C(=O)CN(c1cccc(Cl)c1)S(C)(=O)=O. The van der Waals surface area contributed by atoms with E-state index in [0.29, 0.717) is 17.1 Å². The number of hydrogen-bond donors (Lipinski definition) is 1. The molecule has 0 aliphatic heterocycles. The number of sulfonamides is 1. The van der Waals surface area contributed by atoms with E-state index in [1.54, 1.807) is 19.1 Å². The lowest BCUT2D eigenvalue weighted by Crippen LogP contribution is -2.51. The van der Waals surface area contributed by atoms with Crippen LogP contribution in [0.15, 0.2) is 48.5 Å². The summed E-state index contributed by atoms with van der Waals surface area (Å²) in [5, 5.41) is 3.11. The molecule has 180 valence electrons. The number of nitrogens with one attached hydrogen (secondary N) is 1. The van der Waals surface area contributed by atoms with E-state index in [1.807, 2.05) is 6.92 Å². The minimum atomic E-state index is -3.83. The molecule has 0 aliphatic rings. The molecule has 1 atom stereocenters. The quantitative estimate of drug-likeness (QED) is 0.481. The predicted octanol–water partition coefficient (Wildman–Crippen LogP) is 3.58. The summed E-state index contributed by atoms with van der Waals surface area (Å²) in [6, 6.07) is 10.8. The van der Waals surface area contributed by atoms with E-state index < -0.39 is 34.3 Å². The maximum Gasteiger partial charge on any atom is 0.244 e. The van der Waals surface area contributed by atoms with Gasteiger partial charge in [0.2, 0.25) is 21.8 Å². The highest BCUT2D eigenvalue weighted by Crippen LogP contribution is 2.22. The third kappa shape index (κ3) is 8.01. The molecule has 0 fully saturated rings. The van der Waals surface area contributed by atoms with Crippen molar-refractivity contribution in [2.75, 3.05) is 23.7 Å². The molecule has 2 amide bonds. The number of amides is 2. The second-order valence-electron chi connectivity index (χ2n) is 7.72. The zero-order valence-corrected chi connectivity index (χ0v) is 20.5. The van der Waals surface area contributed by atoms with Crippen LogP contribution in [0.1, 0.15) is 32.3 Å². The molecule has 0 saturated carbocycles. The van der Waals surface area contributed by atoms with Crippen LogP contribution < -0.4 is 9.62 Å². The van der Waals surface area contributed by atoms with Gasteiger partial charge in [0.25, 0.3) is 0 Å². The average Bonchev–Trinajstić information content (AvgIpc) is 2.75. The topological polar surface area (TPSA) is 86.8 Å².